The van der Waals surface area contributed by atoms with Crippen LogP contribution in [-0.2, 0) is 25.0 Å². The topological polar surface area (TPSA) is 86.2 Å². The van der Waals surface area contributed by atoms with Gasteiger partial charge in [-0.05, 0) is 38.1 Å². The van der Waals surface area contributed by atoms with Crippen LogP contribution in [0.2, 0.25) is 0 Å². The zero-order valence-electron chi connectivity index (χ0n) is 24.3. The minimum atomic E-state index is -2.02. The van der Waals surface area contributed by atoms with Crippen molar-refractivity contribution < 1.29 is 28.2 Å². The summed E-state index contributed by atoms with van der Waals surface area (Å²) in [5.41, 5.74) is 0.959. The van der Waals surface area contributed by atoms with Crippen molar-refractivity contribution in [2.75, 3.05) is 33.4 Å². The van der Waals surface area contributed by atoms with Gasteiger partial charge in [0.25, 0.3) is 0 Å². The molecular formula is C30H54NO6P. The van der Waals surface area contributed by atoms with Gasteiger partial charge in [0, 0.05) is 12.8 Å². The molecule has 0 aliphatic carbocycles. The SMILES string of the molecule is CCCCCCCCCCCCCCOc1ccccc1CC(COP(O)OCCCNC)OC(=O)CC. The van der Waals surface area contributed by atoms with Crippen LogP contribution in [0.4, 0.5) is 0 Å². The zero-order chi connectivity index (χ0) is 27.7. The van der Waals surface area contributed by atoms with E-state index in [9.17, 15) is 9.69 Å². The van der Waals surface area contributed by atoms with Gasteiger partial charge in [0.1, 0.15) is 11.9 Å². The molecule has 2 N–H and O–H groups in total. The highest BCUT2D eigenvalue weighted by atomic mass is 31.2. The van der Waals surface area contributed by atoms with Crippen LogP contribution in [-0.4, -0.2) is 50.4 Å². The maximum absolute atomic E-state index is 12.0. The first kappa shape index (κ1) is 34.8. The van der Waals surface area contributed by atoms with Crippen molar-refractivity contribution in [2.45, 2.75) is 116 Å². The average Bonchev–Trinajstić information content (AvgIpc) is 2.93. The highest BCUT2D eigenvalue weighted by Crippen LogP contribution is 2.33. The summed E-state index contributed by atoms with van der Waals surface area (Å²) >= 11 is 0. The van der Waals surface area contributed by atoms with E-state index in [0.29, 0.717) is 19.6 Å². The minimum absolute atomic E-state index is 0.0625. The van der Waals surface area contributed by atoms with Gasteiger partial charge < -0.3 is 28.7 Å². The van der Waals surface area contributed by atoms with E-state index in [2.05, 4.69) is 12.2 Å². The number of rotatable bonds is 26. The van der Waals surface area contributed by atoms with E-state index in [-0.39, 0.29) is 19.0 Å². The number of para-hydroxylation sites is 1. The molecule has 0 aliphatic heterocycles. The van der Waals surface area contributed by atoms with Crippen molar-refractivity contribution in [3.05, 3.63) is 29.8 Å². The molecule has 0 radical (unpaired) electrons. The lowest BCUT2D eigenvalue weighted by Crippen LogP contribution is -2.25. The summed E-state index contributed by atoms with van der Waals surface area (Å²) < 4.78 is 22.5. The number of nitrogens with one attached hydrogen (secondary N) is 1. The van der Waals surface area contributed by atoms with Gasteiger partial charge in [0.15, 0.2) is 0 Å². The second kappa shape index (κ2) is 24.8. The Kier molecular flexibility index (Phi) is 22.7. The highest BCUT2D eigenvalue weighted by molar-refractivity contribution is 7.40. The molecular weight excluding hydrogens is 501 g/mol. The maximum atomic E-state index is 12.0. The number of esters is 1. The summed E-state index contributed by atoms with van der Waals surface area (Å²) in [6.07, 6.45) is 16.7. The first-order chi connectivity index (χ1) is 18.6. The molecule has 0 saturated carbocycles. The van der Waals surface area contributed by atoms with Gasteiger partial charge >= 0.3 is 14.6 Å². The van der Waals surface area contributed by atoms with E-state index in [1.165, 1.54) is 70.6 Å². The van der Waals surface area contributed by atoms with E-state index in [1.54, 1.807) is 6.92 Å². The van der Waals surface area contributed by atoms with Crippen molar-refractivity contribution in [3.63, 3.8) is 0 Å². The lowest BCUT2D eigenvalue weighted by atomic mass is 10.1. The third-order valence-electron chi connectivity index (χ3n) is 6.41. The number of hydrogen-bond acceptors (Lipinski definition) is 7. The molecule has 1 rings (SSSR count). The summed E-state index contributed by atoms with van der Waals surface area (Å²) in [5.74, 6) is 0.508. The molecule has 38 heavy (non-hydrogen) atoms. The van der Waals surface area contributed by atoms with Gasteiger partial charge in [-0.2, -0.15) is 0 Å². The van der Waals surface area contributed by atoms with E-state index in [1.807, 2.05) is 31.3 Å². The van der Waals surface area contributed by atoms with Crippen LogP contribution in [0.15, 0.2) is 24.3 Å². The molecule has 2 unspecified atom stereocenters. The Morgan fingerprint density at radius 3 is 2.13 bits per heavy atom. The van der Waals surface area contributed by atoms with Crippen LogP contribution in [0, 0.1) is 0 Å². The standard InChI is InChI=1S/C30H54NO6P/c1-4-6-7-8-9-10-11-12-13-14-15-18-23-34-29-21-17-16-20-27(29)25-28(37-30(32)5-2)26-36-38(33)35-24-19-22-31-3/h16-17,20-21,28,31,33H,4-15,18-19,22-26H2,1-3H3. The first-order valence-electron chi connectivity index (χ1n) is 14.9. The second-order valence-corrected chi connectivity index (χ2v) is 10.8. The van der Waals surface area contributed by atoms with Gasteiger partial charge in [-0.1, -0.05) is 103 Å². The quantitative estimate of drug-likeness (QED) is 0.0696. The summed E-state index contributed by atoms with van der Waals surface area (Å²) in [4.78, 5) is 22.0. The van der Waals surface area contributed by atoms with Crippen molar-refractivity contribution in [1.29, 1.82) is 0 Å². The fourth-order valence-electron chi connectivity index (χ4n) is 4.16. The third kappa shape index (κ3) is 18.9. The Labute approximate surface area is 233 Å². The summed E-state index contributed by atoms with van der Waals surface area (Å²) in [6.45, 7) is 5.96. The molecule has 0 heterocycles. The van der Waals surface area contributed by atoms with E-state index in [0.717, 1.165) is 30.7 Å². The van der Waals surface area contributed by atoms with Crippen molar-refractivity contribution in [3.8, 4) is 5.75 Å². The van der Waals surface area contributed by atoms with Crippen molar-refractivity contribution >= 4 is 14.6 Å². The first-order valence-corrected chi connectivity index (χ1v) is 16.0. The van der Waals surface area contributed by atoms with Gasteiger partial charge in [-0.3, -0.25) is 4.79 Å². The molecule has 7 nitrogen and oxygen atoms in total. The third-order valence-corrected chi connectivity index (χ3v) is 7.18. The molecule has 0 bridgehead atoms. The summed E-state index contributed by atoms with van der Waals surface area (Å²) in [6, 6.07) is 7.85. The number of carbonyl (C=O) groups is 1. The molecule has 0 amide bonds. The number of unbranched alkanes of at least 4 members (excludes halogenated alkanes) is 11. The maximum Gasteiger partial charge on any atom is 0.329 e. The fourth-order valence-corrected chi connectivity index (χ4v) is 4.82. The van der Waals surface area contributed by atoms with E-state index in [4.69, 9.17) is 18.5 Å². The van der Waals surface area contributed by atoms with Gasteiger partial charge in [0.2, 0.25) is 0 Å². The Morgan fingerprint density at radius 2 is 1.50 bits per heavy atom. The minimum Gasteiger partial charge on any atom is -0.493 e. The van der Waals surface area contributed by atoms with Crippen molar-refractivity contribution in [1.82, 2.24) is 5.32 Å². The fraction of sp³-hybridized carbons (Fsp3) is 0.767. The molecule has 1 aromatic carbocycles. The average molecular weight is 556 g/mol. The lowest BCUT2D eigenvalue weighted by molar-refractivity contribution is -0.150. The van der Waals surface area contributed by atoms with Crippen LogP contribution in [0.5, 0.6) is 5.75 Å². The molecule has 220 valence electrons. The number of benzene rings is 1. The molecule has 2 atom stereocenters. The second-order valence-electron chi connectivity index (χ2n) is 9.84. The van der Waals surface area contributed by atoms with E-state index >= 15 is 0 Å². The molecule has 0 fully saturated rings. The molecule has 1 aromatic rings. The summed E-state index contributed by atoms with van der Waals surface area (Å²) in [5, 5.41) is 3.03. The molecule has 0 saturated heterocycles. The van der Waals surface area contributed by atoms with Crippen molar-refractivity contribution in [2.24, 2.45) is 0 Å². The number of ether oxygens (including phenoxy) is 2. The smallest absolute Gasteiger partial charge is 0.329 e. The molecule has 0 spiro atoms. The van der Waals surface area contributed by atoms with Crippen LogP contribution >= 0.6 is 8.60 Å². The Hall–Kier alpha value is -1.24. The predicted molar refractivity (Wildman–Crippen MR) is 156 cm³/mol. The zero-order valence-corrected chi connectivity index (χ0v) is 25.2. The number of carbonyl (C=O) groups excluding carboxylic acids is 1. The van der Waals surface area contributed by atoms with Crippen LogP contribution < -0.4 is 10.1 Å². The summed E-state index contributed by atoms with van der Waals surface area (Å²) in [7, 11) is -0.150. The Morgan fingerprint density at radius 1 is 0.868 bits per heavy atom. The Bertz CT molecular complexity index is 692. The van der Waals surface area contributed by atoms with Crippen LogP contribution in [0.25, 0.3) is 0 Å². The monoisotopic (exact) mass is 555 g/mol. The number of hydrogen-bond donors (Lipinski definition) is 2. The Balaban J connectivity index is 2.36. The molecule has 0 aliphatic rings. The van der Waals surface area contributed by atoms with Crippen LogP contribution in [0.1, 0.15) is 109 Å². The van der Waals surface area contributed by atoms with E-state index < -0.39 is 14.7 Å². The predicted octanol–water partition coefficient (Wildman–Crippen LogP) is 7.49. The van der Waals surface area contributed by atoms with Gasteiger partial charge in [0.05, 0.1) is 19.8 Å². The largest absolute Gasteiger partial charge is 0.493 e. The highest BCUT2D eigenvalue weighted by Gasteiger charge is 2.20. The van der Waals surface area contributed by atoms with Gasteiger partial charge in [-0.25, -0.2) is 0 Å². The molecule has 8 heteroatoms. The van der Waals surface area contributed by atoms with Gasteiger partial charge in [-0.15, -0.1) is 0 Å². The van der Waals surface area contributed by atoms with Crippen LogP contribution in [0.3, 0.4) is 0 Å². The molecule has 0 aromatic heterocycles. The normalized spacial score (nSPS) is 12.8. The lowest BCUT2D eigenvalue weighted by Gasteiger charge is -2.20.